The molecular weight excluding hydrogens is 171 g/mol. The number of hydrogen-bond donors (Lipinski definition) is 2. The number of aliphatic imine (C=N–C) groups is 1. The van der Waals surface area contributed by atoms with Gasteiger partial charge < -0.3 is 5.32 Å². The van der Waals surface area contributed by atoms with Gasteiger partial charge in [-0.15, -0.1) is 0 Å². The topological polar surface area (TPSA) is 36.4 Å². The van der Waals surface area contributed by atoms with Crippen LogP contribution in [0.15, 0.2) is 16.8 Å². The Kier molecular flexibility index (Phi) is 2.37. The highest BCUT2D eigenvalue weighted by Crippen LogP contribution is 2.24. The zero-order chi connectivity index (χ0) is 9.19. The highest BCUT2D eigenvalue weighted by molar-refractivity contribution is 5.73. The highest BCUT2D eigenvalue weighted by atomic mass is 19.4. The van der Waals surface area contributed by atoms with Gasteiger partial charge in [-0.2, -0.15) is 13.2 Å². The van der Waals surface area contributed by atoms with Crippen LogP contribution in [0.1, 0.15) is 0 Å². The Morgan fingerprint density at radius 1 is 1.58 bits per heavy atom. The lowest BCUT2D eigenvalue weighted by molar-refractivity contribution is -0.0980. The second-order valence-corrected chi connectivity index (χ2v) is 2.21. The standard InChI is InChI=1S/C6H8F3N3/c1-10-5-11-3-2-4(12-5)6(7,8)9/h2-3,5,10,12H,1H3. The summed E-state index contributed by atoms with van der Waals surface area (Å²) < 4.78 is 36.1. The van der Waals surface area contributed by atoms with E-state index in [0.29, 0.717) is 0 Å². The maximum atomic E-state index is 12.0. The predicted molar refractivity (Wildman–Crippen MR) is 38.6 cm³/mol. The second-order valence-electron chi connectivity index (χ2n) is 2.21. The average molecular weight is 179 g/mol. The van der Waals surface area contributed by atoms with Crippen molar-refractivity contribution < 1.29 is 13.2 Å². The van der Waals surface area contributed by atoms with Crippen molar-refractivity contribution in [3.05, 3.63) is 11.8 Å². The lowest BCUT2D eigenvalue weighted by atomic mass is 10.3. The molecule has 1 aliphatic rings. The number of hydrogen-bond acceptors (Lipinski definition) is 3. The third-order valence-electron chi connectivity index (χ3n) is 1.35. The molecule has 0 saturated carbocycles. The summed E-state index contributed by atoms with van der Waals surface area (Å²) in [5.74, 6) is 0. The molecule has 0 fully saturated rings. The van der Waals surface area contributed by atoms with Crippen molar-refractivity contribution in [1.82, 2.24) is 10.6 Å². The lowest BCUT2D eigenvalue weighted by Crippen LogP contribution is -2.43. The molecule has 2 N–H and O–H groups in total. The summed E-state index contributed by atoms with van der Waals surface area (Å²) in [7, 11) is 1.52. The van der Waals surface area contributed by atoms with Gasteiger partial charge in [-0.25, -0.2) is 0 Å². The molecule has 3 nitrogen and oxygen atoms in total. The van der Waals surface area contributed by atoms with Gasteiger partial charge in [0.1, 0.15) is 5.70 Å². The first-order chi connectivity index (χ1) is 5.54. The summed E-state index contributed by atoms with van der Waals surface area (Å²) in [5.41, 5.74) is -0.781. The van der Waals surface area contributed by atoms with Gasteiger partial charge in [0.2, 0.25) is 0 Å². The third-order valence-corrected chi connectivity index (χ3v) is 1.35. The Bertz CT molecular complexity index is 219. The normalized spacial score (nSPS) is 23.3. The van der Waals surface area contributed by atoms with Crippen LogP contribution >= 0.6 is 0 Å². The number of allylic oxidation sites excluding steroid dienone is 2. The molecule has 0 aliphatic carbocycles. The van der Waals surface area contributed by atoms with E-state index in [1.54, 1.807) is 0 Å². The number of alkyl halides is 3. The molecular formula is C6H8F3N3. The first-order valence-corrected chi connectivity index (χ1v) is 3.28. The van der Waals surface area contributed by atoms with Crippen molar-refractivity contribution in [3.63, 3.8) is 0 Å². The molecule has 1 atom stereocenters. The summed E-state index contributed by atoms with van der Waals surface area (Å²) in [4.78, 5) is 3.69. The van der Waals surface area contributed by atoms with Crippen LogP contribution in [-0.4, -0.2) is 25.7 Å². The highest BCUT2D eigenvalue weighted by Gasteiger charge is 2.35. The zero-order valence-electron chi connectivity index (χ0n) is 6.31. The SMILES string of the molecule is CNC1N=CC=C(C(F)(F)F)N1. The fourth-order valence-electron chi connectivity index (χ4n) is 0.759. The van der Waals surface area contributed by atoms with Crippen LogP contribution in [0.25, 0.3) is 0 Å². The number of nitrogens with one attached hydrogen (secondary N) is 2. The lowest BCUT2D eigenvalue weighted by Gasteiger charge is -2.21. The first-order valence-electron chi connectivity index (χ1n) is 3.28. The average Bonchev–Trinajstić information content (AvgIpc) is 2.03. The van der Waals surface area contributed by atoms with E-state index < -0.39 is 18.2 Å². The molecule has 68 valence electrons. The van der Waals surface area contributed by atoms with Crippen molar-refractivity contribution in [2.24, 2.45) is 4.99 Å². The minimum absolute atomic E-state index is 0.688. The predicted octanol–water partition coefficient (Wildman–Crippen LogP) is 0.610. The Balaban J connectivity index is 2.70. The van der Waals surface area contributed by atoms with Gasteiger partial charge in [-0.1, -0.05) is 0 Å². The molecule has 1 aliphatic heterocycles. The number of nitrogens with zero attached hydrogens (tertiary/aromatic N) is 1. The summed E-state index contributed by atoms with van der Waals surface area (Å²) in [6.45, 7) is 0. The van der Waals surface area contributed by atoms with Crippen LogP contribution in [0.3, 0.4) is 0 Å². The van der Waals surface area contributed by atoms with E-state index in [9.17, 15) is 13.2 Å². The molecule has 1 rings (SSSR count). The minimum atomic E-state index is -4.33. The van der Waals surface area contributed by atoms with Gasteiger partial charge in [-0.3, -0.25) is 10.3 Å². The van der Waals surface area contributed by atoms with Crippen molar-refractivity contribution in [3.8, 4) is 0 Å². The van der Waals surface area contributed by atoms with Gasteiger partial charge in [-0.05, 0) is 13.1 Å². The van der Waals surface area contributed by atoms with E-state index in [1.807, 2.05) is 0 Å². The molecule has 12 heavy (non-hydrogen) atoms. The van der Waals surface area contributed by atoms with E-state index in [-0.39, 0.29) is 0 Å². The van der Waals surface area contributed by atoms with Gasteiger partial charge in [0, 0.05) is 6.21 Å². The Morgan fingerprint density at radius 2 is 2.25 bits per heavy atom. The van der Waals surface area contributed by atoms with Crippen molar-refractivity contribution in [1.29, 1.82) is 0 Å². The largest absolute Gasteiger partial charge is 0.431 e. The smallest absolute Gasteiger partial charge is 0.348 e. The third kappa shape index (κ3) is 1.97. The molecule has 0 aromatic heterocycles. The molecule has 1 heterocycles. The minimum Gasteiger partial charge on any atom is -0.348 e. The summed E-state index contributed by atoms with van der Waals surface area (Å²) in [6.07, 6.45) is -3.00. The van der Waals surface area contributed by atoms with Crippen molar-refractivity contribution >= 4 is 6.21 Å². The van der Waals surface area contributed by atoms with Gasteiger partial charge in [0.25, 0.3) is 0 Å². The number of halogens is 3. The van der Waals surface area contributed by atoms with Gasteiger partial charge >= 0.3 is 6.18 Å². The van der Waals surface area contributed by atoms with Crippen LogP contribution in [-0.2, 0) is 0 Å². The van der Waals surface area contributed by atoms with Crippen LogP contribution in [0.2, 0.25) is 0 Å². The van der Waals surface area contributed by atoms with E-state index >= 15 is 0 Å². The van der Waals surface area contributed by atoms with Crippen molar-refractivity contribution in [2.75, 3.05) is 7.05 Å². The monoisotopic (exact) mass is 179 g/mol. The fraction of sp³-hybridized carbons (Fsp3) is 0.500. The van der Waals surface area contributed by atoms with Crippen LogP contribution < -0.4 is 10.6 Å². The van der Waals surface area contributed by atoms with Crippen LogP contribution in [0.4, 0.5) is 13.2 Å². The summed E-state index contributed by atoms with van der Waals surface area (Å²) in [5, 5.41) is 4.73. The fourth-order valence-corrected chi connectivity index (χ4v) is 0.759. The molecule has 6 heteroatoms. The molecule has 0 radical (unpaired) electrons. The van der Waals surface area contributed by atoms with E-state index in [4.69, 9.17) is 0 Å². The summed E-state index contributed by atoms with van der Waals surface area (Å²) >= 11 is 0. The Morgan fingerprint density at radius 3 is 2.75 bits per heavy atom. The molecule has 0 amide bonds. The zero-order valence-corrected chi connectivity index (χ0v) is 6.31. The number of rotatable bonds is 1. The van der Waals surface area contributed by atoms with E-state index in [1.165, 1.54) is 7.05 Å². The quantitative estimate of drug-likeness (QED) is 0.618. The Hall–Kier alpha value is -1.04. The van der Waals surface area contributed by atoms with E-state index in [0.717, 1.165) is 12.3 Å². The Labute approximate surface area is 67.4 Å². The molecule has 0 saturated heterocycles. The van der Waals surface area contributed by atoms with Crippen LogP contribution in [0.5, 0.6) is 0 Å². The molecule has 1 unspecified atom stereocenters. The summed E-state index contributed by atoms with van der Waals surface area (Å²) in [6, 6.07) is 0. The molecule has 0 spiro atoms. The molecule has 0 bridgehead atoms. The van der Waals surface area contributed by atoms with Gasteiger partial charge in [0.15, 0.2) is 6.29 Å². The molecule has 0 aromatic carbocycles. The molecule has 0 aromatic rings. The first kappa shape index (κ1) is 9.05. The maximum absolute atomic E-state index is 12.0. The van der Waals surface area contributed by atoms with Crippen molar-refractivity contribution in [2.45, 2.75) is 12.5 Å². The maximum Gasteiger partial charge on any atom is 0.431 e. The van der Waals surface area contributed by atoms with Crippen LogP contribution in [0, 0.1) is 0 Å². The second kappa shape index (κ2) is 3.14. The van der Waals surface area contributed by atoms with E-state index in [2.05, 4.69) is 15.6 Å². The van der Waals surface area contributed by atoms with Gasteiger partial charge in [0.05, 0.1) is 0 Å².